The van der Waals surface area contributed by atoms with Crippen LogP contribution in [-0.4, -0.2) is 29.6 Å². The van der Waals surface area contributed by atoms with Gasteiger partial charge in [-0.2, -0.15) is 5.10 Å². The van der Waals surface area contributed by atoms with E-state index in [1.54, 1.807) is 18.4 Å². The van der Waals surface area contributed by atoms with E-state index >= 15 is 0 Å². The number of hydrogen-bond donors (Lipinski definition) is 1. The van der Waals surface area contributed by atoms with E-state index in [1.807, 2.05) is 47.8 Å². The van der Waals surface area contributed by atoms with Crippen LogP contribution in [0.15, 0.2) is 52.9 Å². The van der Waals surface area contributed by atoms with E-state index in [-0.39, 0.29) is 17.9 Å². The summed E-state index contributed by atoms with van der Waals surface area (Å²) in [5, 5.41) is 10.4. The molecule has 1 unspecified atom stereocenters. The highest BCUT2D eigenvalue weighted by atomic mass is 32.1. The van der Waals surface area contributed by atoms with Crippen LogP contribution in [0.1, 0.15) is 29.3 Å². The van der Waals surface area contributed by atoms with Crippen molar-refractivity contribution in [2.45, 2.75) is 18.9 Å². The van der Waals surface area contributed by atoms with Crippen molar-refractivity contribution in [1.29, 1.82) is 0 Å². The minimum Gasteiger partial charge on any atom is -0.339 e. The Kier molecular flexibility index (Phi) is 4.52. The van der Waals surface area contributed by atoms with Crippen molar-refractivity contribution in [2.75, 3.05) is 7.05 Å². The highest BCUT2D eigenvalue weighted by Crippen LogP contribution is 2.26. The van der Waals surface area contributed by atoms with Crippen molar-refractivity contribution in [3.05, 3.63) is 58.3 Å². The van der Waals surface area contributed by atoms with Crippen LogP contribution < -0.4 is 5.32 Å². The zero-order chi connectivity index (χ0) is 16.2. The number of carbonyl (C=O) groups excluding carboxylic acids is 2. The van der Waals surface area contributed by atoms with Crippen molar-refractivity contribution in [2.24, 2.45) is 5.10 Å². The van der Waals surface area contributed by atoms with Crippen LogP contribution in [0.2, 0.25) is 0 Å². The normalized spacial score (nSPS) is 16.0. The second-order valence-electron chi connectivity index (χ2n) is 5.30. The van der Waals surface area contributed by atoms with Crippen LogP contribution in [0.25, 0.3) is 0 Å². The van der Waals surface area contributed by atoms with E-state index in [0.29, 0.717) is 18.6 Å². The standard InChI is InChI=1S/C17H17N3O2S/c1-20-15(21)10-9-13(19-20)17(22)18-16(14-8-5-11-23-14)12-6-3-2-4-7-12/h2-8,11,16H,9-10H2,1H3,(H,18,22). The van der Waals surface area contributed by atoms with E-state index in [0.717, 1.165) is 10.4 Å². The molecule has 1 N–H and O–H groups in total. The van der Waals surface area contributed by atoms with E-state index in [9.17, 15) is 9.59 Å². The molecule has 3 rings (SSSR count). The Morgan fingerprint density at radius 3 is 2.65 bits per heavy atom. The smallest absolute Gasteiger partial charge is 0.268 e. The molecule has 0 aliphatic carbocycles. The molecule has 2 aromatic rings. The number of thiophene rings is 1. The maximum atomic E-state index is 12.6. The van der Waals surface area contributed by atoms with Gasteiger partial charge in [-0.25, -0.2) is 5.01 Å². The van der Waals surface area contributed by atoms with Crippen molar-refractivity contribution in [3.8, 4) is 0 Å². The molecule has 0 spiro atoms. The van der Waals surface area contributed by atoms with Gasteiger partial charge in [0.2, 0.25) is 5.91 Å². The van der Waals surface area contributed by atoms with E-state index in [1.165, 1.54) is 5.01 Å². The SMILES string of the molecule is CN1N=C(C(=O)NC(c2ccccc2)c2cccs2)CCC1=O. The minimum absolute atomic E-state index is 0.0700. The maximum absolute atomic E-state index is 12.6. The fourth-order valence-electron chi connectivity index (χ4n) is 2.47. The van der Waals surface area contributed by atoms with Crippen LogP contribution in [0.5, 0.6) is 0 Å². The summed E-state index contributed by atoms with van der Waals surface area (Å²) in [5.41, 5.74) is 1.41. The fourth-order valence-corrected chi connectivity index (χ4v) is 3.27. The summed E-state index contributed by atoms with van der Waals surface area (Å²) in [4.78, 5) is 25.1. The Hall–Kier alpha value is -2.47. The first-order valence-electron chi connectivity index (χ1n) is 7.38. The van der Waals surface area contributed by atoms with Crippen molar-refractivity contribution < 1.29 is 9.59 Å². The number of hydrogen-bond acceptors (Lipinski definition) is 4. The van der Waals surface area contributed by atoms with Crippen molar-refractivity contribution in [1.82, 2.24) is 10.3 Å². The second kappa shape index (κ2) is 6.75. The lowest BCUT2D eigenvalue weighted by Gasteiger charge is -2.22. The molecular formula is C17H17N3O2S. The monoisotopic (exact) mass is 327 g/mol. The number of amides is 2. The average Bonchev–Trinajstić information content (AvgIpc) is 3.10. The molecule has 0 fully saturated rings. The van der Waals surface area contributed by atoms with E-state index in [2.05, 4.69) is 10.4 Å². The molecule has 5 nitrogen and oxygen atoms in total. The van der Waals surface area contributed by atoms with Gasteiger partial charge < -0.3 is 5.32 Å². The largest absolute Gasteiger partial charge is 0.339 e. The average molecular weight is 327 g/mol. The van der Waals surface area contributed by atoms with Crippen LogP contribution in [0, 0.1) is 0 Å². The lowest BCUT2D eigenvalue weighted by Crippen LogP contribution is -2.39. The highest BCUT2D eigenvalue weighted by Gasteiger charge is 2.25. The fraction of sp³-hybridized carbons (Fsp3) is 0.235. The van der Waals surface area contributed by atoms with E-state index in [4.69, 9.17) is 0 Å². The molecule has 0 saturated carbocycles. The van der Waals surface area contributed by atoms with Gasteiger partial charge in [-0.05, 0) is 17.0 Å². The quantitative estimate of drug-likeness (QED) is 0.938. The molecule has 2 heterocycles. The minimum atomic E-state index is -0.230. The summed E-state index contributed by atoms with van der Waals surface area (Å²) in [6.45, 7) is 0. The van der Waals surface area contributed by atoms with E-state index < -0.39 is 0 Å². The van der Waals surface area contributed by atoms with Gasteiger partial charge >= 0.3 is 0 Å². The molecule has 1 aliphatic rings. The molecule has 1 aliphatic heterocycles. The Labute approximate surface area is 138 Å². The molecule has 1 aromatic carbocycles. The van der Waals surface area contributed by atoms with Gasteiger partial charge in [-0.1, -0.05) is 36.4 Å². The highest BCUT2D eigenvalue weighted by molar-refractivity contribution is 7.10. The first-order chi connectivity index (χ1) is 11.1. The molecule has 0 saturated heterocycles. The summed E-state index contributed by atoms with van der Waals surface area (Å²) in [7, 11) is 1.57. The van der Waals surface area contributed by atoms with Gasteiger partial charge in [-0.3, -0.25) is 9.59 Å². The zero-order valence-corrected chi connectivity index (χ0v) is 13.5. The zero-order valence-electron chi connectivity index (χ0n) is 12.7. The third kappa shape index (κ3) is 3.48. The van der Waals surface area contributed by atoms with Crippen LogP contribution in [-0.2, 0) is 9.59 Å². The van der Waals surface area contributed by atoms with Gasteiger partial charge in [0.15, 0.2) is 0 Å². The lowest BCUT2D eigenvalue weighted by atomic mass is 10.0. The number of carbonyl (C=O) groups is 2. The second-order valence-corrected chi connectivity index (χ2v) is 6.28. The first-order valence-corrected chi connectivity index (χ1v) is 8.26. The summed E-state index contributed by atoms with van der Waals surface area (Å²) in [6.07, 6.45) is 0.693. The Bertz CT molecular complexity index is 726. The molecule has 2 amide bonds. The van der Waals surface area contributed by atoms with Gasteiger partial charge in [-0.15, -0.1) is 11.3 Å². The summed E-state index contributed by atoms with van der Waals surface area (Å²) < 4.78 is 0. The first kappa shape index (κ1) is 15.4. The van der Waals surface area contributed by atoms with Gasteiger partial charge in [0.25, 0.3) is 5.91 Å². The molecule has 1 atom stereocenters. The summed E-state index contributed by atoms with van der Waals surface area (Å²) in [5.74, 6) is -0.300. The lowest BCUT2D eigenvalue weighted by molar-refractivity contribution is -0.130. The third-order valence-electron chi connectivity index (χ3n) is 3.71. The van der Waals surface area contributed by atoms with Crippen molar-refractivity contribution in [3.63, 3.8) is 0 Å². The molecule has 1 aromatic heterocycles. The summed E-state index contributed by atoms with van der Waals surface area (Å²) in [6, 6.07) is 13.6. The number of rotatable bonds is 4. The van der Waals surface area contributed by atoms with Gasteiger partial charge in [0, 0.05) is 24.8 Å². The number of hydrazone groups is 1. The Balaban J connectivity index is 1.83. The summed E-state index contributed by atoms with van der Waals surface area (Å²) >= 11 is 1.60. The van der Waals surface area contributed by atoms with Crippen LogP contribution in [0.4, 0.5) is 0 Å². The molecular weight excluding hydrogens is 310 g/mol. The van der Waals surface area contributed by atoms with Crippen LogP contribution in [0.3, 0.4) is 0 Å². The van der Waals surface area contributed by atoms with Crippen molar-refractivity contribution >= 4 is 28.9 Å². The van der Waals surface area contributed by atoms with Gasteiger partial charge in [0.1, 0.15) is 5.71 Å². The van der Waals surface area contributed by atoms with Crippen LogP contribution >= 0.6 is 11.3 Å². The predicted octanol–water partition coefficient (Wildman–Crippen LogP) is 2.56. The Morgan fingerprint density at radius 1 is 1.22 bits per heavy atom. The molecule has 23 heavy (non-hydrogen) atoms. The number of nitrogens with zero attached hydrogens (tertiary/aromatic N) is 2. The molecule has 6 heteroatoms. The third-order valence-corrected chi connectivity index (χ3v) is 4.64. The maximum Gasteiger partial charge on any atom is 0.268 e. The van der Waals surface area contributed by atoms with Gasteiger partial charge in [0.05, 0.1) is 6.04 Å². The predicted molar refractivity (Wildman–Crippen MR) is 90.2 cm³/mol. The Morgan fingerprint density at radius 2 is 2.00 bits per heavy atom. The number of benzene rings is 1. The number of nitrogens with one attached hydrogen (secondary N) is 1. The molecule has 118 valence electrons. The molecule has 0 bridgehead atoms. The molecule has 0 radical (unpaired) electrons. The topological polar surface area (TPSA) is 61.8 Å².